The third-order valence-corrected chi connectivity index (χ3v) is 2.55. The Morgan fingerprint density at radius 3 is 2.65 bits per heavy atom. The predicted octanol–water partition coefficient (Wildman–Crippen LogP) is 1.72. The summed E-state index contributed by atoms with van der Waals surface area (Å²) in [6.45, 7) is 0. The molecule has 0 radical (unpaired) electrons. The van der Waals surface area contributed by atoms with Crippen LogP contribution >= 0.6 is 0 Å². The highest BCUT2D eigenvalue weighted by Gasteiger charge is 2.10. The van der Waals surface area contributed by atoms with Crippen LogP contribution in [-0.4, -0.2) is 15.3 Å². The van der Waals surface area contributed by atoms with Crippen molar-refractivity contribution in [2.75, 3.05) is 0 Å². The van der Waals surface area contributed by atoms with Crippen LogP contribution in [0.2, 0.25) is 0 Å². The van der Waals surface area contributed by atoms with Crippen molar-refractivity contribution in [3.05, 3.63) is 53.6 Å². The SMILES string of the molecule is Cn1cncc1C(=O)Cc1ccc(C#N)cc1. The Hall–Kier alpha value is -2.41. The number of nitrogens with zero attached hydrogens (tertiary/aromatic N) is 3. The fourth-order valence-electron chi connectivity index (χ4n) is 1.60. The lowest BCUT2D eigenvalue weighted by atomic mass is 10.1. The van der Waals surface area contributed by atoms with Crippen molar-refractivity contribution >= 4 is 5.78 Å². The van der Waals surface area contributed by atoms with Gasteiger partial charge in [0.15, 0.2) is 5.78 Å². The third kappa shape index (κ3) is 2.40. The number of aromatic nitrogens is 2. The van der Waals surface area contributed by atoms with Gasteiger partial charge in [0.2, 0.25) is 0 Å². The van der Waals surface area contributed by atoms with Gasteiger partial charge in [-0.25, -0.2) is 4.98 Å². The lowest BCUT2D eigenvalue weighted by Crippen LogP contribution is -2.08. The number of carbonyl (C=O) groups is 1. The van der Waals surface area contributed by atoms with Crippen LogP contribution in [0.4, 0.5) is 0 Å². The molecule has 0 N–H and O–H groups in total. The second-order valence-corrected chi connectivity index (χ2v) is 3.80. The van der Waals surface area contributed by atoms with E-state index in [9.17, 15) is 4.79 Å². The molecular formula is C13H11N3O. The highest BCUT2D eigenvalue weighted by Crippen LogP contribution is 2.08. The monoisotopic (exact) mass is 225 g/mol. The van der Waals surface area contributed by atoms with Crippen molar-refractivity contribution < 1.29 is 4.79 Å². The highest BCUT2D eigenvalue weighted by molar-refractivity contribution is 5.95. The molecule has 0 unspecified atom stereocenters. The summed E-state index contributed by atoms with van der Waals surface area (Å²) in [6, 6.07) is 9.07. The maximum Gasteiger partial charge on any atom is 0.185 e. The molecule has 1 heterocycles. The molecule has 1 aromatic heterocycles. The standard InChI is InChI=1S/C13H11N3O/c1-16-9-15-8-12(16)13(17)6-10-2-4-11(7-14)5-3-10/h2-5,8-9H,6H2,1H3. The first-order valence-electron chi connectivity index (χ1n) is 5.19. The maximum absolute atomic E-state index is 11.9. The average molecular weight is 225 g/mol. The Bertz CT molecular complexity index is 575. The molecule has 1 aromatic carbocycles. The first-order chi connectivity index (χ1) is 8.20. The highest BCUT2D eigenvalue weighted by atomic mass is 16.1. The van der Waals surface area contributed by atoms with Crippen molar-refractivity contribution in [1.82, 2.24) is 9.55 Å². The van der Waals surface area contributed by atoms with Crippen LogP contribution in [0.1, 0.15) is 21.6 Å². The molecule has 0 fully saturated rings. The number of aryl methyl sites for hydroxylation is 1. The van der Waals surface area contributed by atoms with E-state index in [0.29, 0.717) is 17.7 Å². The minimum atomic E-state index is 0.0229. The molecule has 84 valence electrons. The van der Waals surface area contributed by atoms with Crippen molar-refractivity contribution in [3.8, 4) is 6.07 Å². The van der Waals surface area contributed by atoms with Gasteiger partial charge in [-0.3, -0.25) is 4.79 Å². The topological polar surface area (TPSA) is 58.7 Å². The predicted molar refractivity (Wildman–Crippen MR) is 62.4 cm³/mol. The molecule has 0 saturated heterocycles. The van der Waals surface area contributed by atoms with E-state index in [2.05, 4.69) is 4.98 Å². The van der Waals surface area contributed by atoms with Crippen molar-refractivity contribution in [2.24, 2.45) is 7.05 Å². The fraction of sp³-hybridized carbons (Fsp3) is 0.154. The van der Waals surface area contributed by atoms with Gasteiger partial charge in [-0.1, -0.05) is 12.1 Å². The number of hydrogen-bond donors (Lipinski definition) is 0. The Labute approximate surface area is 99.1 Å². The quantitative estimate of drug-likeness (QED) is 0.747. The van der Waals surface area contributed by atoms with Gasteiger partial charge >= 0.3 is 0 Å². The summed E-state index contributed by atoms with van der Waals surface area (Å²) in [4.78, 5) is 15.8. The summed E-state index contributed by atoms with van der Waals surface area (Å²) in [7, 11) is 1.79. The van der Waals surface area contributed by atoms with E-state index in [1.807, 2.05) is 6.07 Å². The smallest absolute Gasteiger partial charge is 0.185 e. The van der Waals surface area contributed by atoms with Gasteiger partial charge in [0, 0.05) is 13.5 Å². The lowest BCUT2D eigenvalue weighted by molar-refractivity contribution is 0.0985. The van der Waals surface area contributed by atoms with E-state index in [1.54, 1.807) is 48.4 Å². The molecule has 0 amide bonds. The fourth-order valence-corrected chi connectivity index (χ4v) is 1.60. The van der Waals surface area contributed by atoms with E-state index in [4.69, 9.17) is 5.26 Å². The van der Waals surface area contributed by atoms with Crippen LogP contribution < -0.4 is 0 Å². The molecule has 17 heavy (non-hydrogen) atoms. The summed E-state index contributed by atoms with van der Waals surface area (Å²) >= 11 is 0. The Morgan fingerprint density at radius 1 is 1.41 bits per heavy atom. The van der Waals surface area contributed by atoms with Gasteiger partial charge in [0.1, 0.15) is 5.69 Å². The minimum Gasteiger partial charge on any atom is -0.331 e. The van der Waals surface area contributed by atoms with Gasteiger partial charge in [-0.2, -0.15) is 5.26 Å². The van der Waals surface area contributed by atoms with Crippen LogP contribution in [0.15, 0.2) is 36.8 Å². The second kappa shape index (κ2) is 4.62. The number of carbonyl (C=O) groups excluding carboxylic acids is 1. The van der Waals surface area contributed by atoms with Crippen molar-refractivity contribution in [3.63, 3.8) is 0 Å². The van der Waals surface area contributed by atoms with Gasteiger partial charge < -0.3 is 4.57 Å². The number of ketones is 1. The van der Waals surface area contributed by atoms with Crippen LogP contribution in [0.25, 0.3) is 0 Å². The molecule has 0 aliphatic rings. The van der Waals surface area contributed by atoms with E-state index in [-0.39, 0.29) is 5.78 Å². The Morgan fingerprint density at radius 2 is 2.12 bits per heavy atom. The molecule has 4 nitrogen and oxygen atoms in total. The van der Waals surface area contributed by atoms with Crippen LogP contribution in [0.3, 0.4) is 0 Å². The number of rotatable bonds is 3. The molecule has 2 aromatic rings. The van der Waals surface area contributed by atoms with Crippen LogP contribution in [0, 0.1) is 11.3 Å². The van der Waals surface area contributed by atoms with E-state index < -0.39 is 0 Å². The molecule has 0 aliphatic heterocycles. The minimum absolute atomic E-state index is 0.0229. The molecule has 0 saturated carbocycles. The molecule has 2 rings (SSSR count). The zero-order valence-electron chi connectivity index (χ0n) is 9.42. The summed E-state index contributed by atoms with van der Waals surface area (Å²) < 4.78 is 1.70. The van der Waals surface area contributed by atoms with E-state index >= 15 is 0 Å². The normalized spacial score (nSPS) is 9.88. The number of benzene rings is 1. The van der Waals surface area contributed by atoms with Gasteiger partial charge in [0.05, 0.1) is 24.2 Å². The first kappa shape index (κ1) is 11.1. The zero-order valence-corrected chi connectivity index (χ0v) is 9.42. The number of nitriles is 1. The number of hydrogen-bond acceptors (Lipinski definition) is 3. The average Bonchev–Trinajstić information content (AvgIpc) is 2.76. The van der Waals surface area contributed by atoms with E-state index in [1.165, 1.54) is 0 Å². The zero-order chi connectivity index (χ0) is 12.3. The molecule has 0 aliphatic carbocycles. The summed E-state index contributed by atoms with van der Waals surface area (Å²) in [5.74, 6) is 0.0229. The molecular weight excluding hydrogens is 214 g/mol. The molecule has 4 heteroatoms. The number of imidazole rings is 1. The van der Waals surface area contributed by atoms with Crippen molar-refractivity contribution in [1.29, 1.82) is 5.26 Å². The van der Waals surface area contributed by atoms with E-state index in [0.717, 1.165) is 5.56 Å². The third-order valence-electron chi connectivity index (χ3n) is 2.55. The van der Waals surface area contributed by atoms with Crippen LogP contribution in [0.5, 0.6) is 0 Å². The number of Topliss-reactive ketones (excluding diaryl/α,β-unsaturated/α-hetero) is 1. The molecule has 0 atom stereocenters. The Kier molecular flexibility index (Phi) is 3.01. The van der Waals surface area contributed by atoms with Gasteiger partial charge in [-0.15, -0.1) is 0 Å². The summed E-state index contributed by atoms with van der Waals surface area (Å²) in [5, 5.41) is 8.67. The lowest BCUT2D eigenvalue weighted by Gasteiger charge is -2.02. The summed E-state index contributed by atoms with van der Waals surface area (Å²) in [6.07, 6.45) is 3.49. The Balaban J connectivity index is 2.14. The molecule has 0 bridgehead atoms. The van der Waals surface area contributed by atoms with Gasteiger partial charge in [-0.05, 0) is 17.7 Å². The largest absolute Gasteiger partial charge is 0.331 e. The molecule has 0 spiro atoms. The van der Waals surface area contributed by atoms with Gasteiger partial charge in [0.25, 0.3) is 0 Å². The maximum atomic E-state index is 11.9. The second-order valence-electron chi connectivity index (χ2n) is 3.80. The van der Waals surface area contributed by atoms with Crippen LogP contribution in [-0.2, 0) is 13.5 Å². The van der Waals surface area contributed by atoms with Crippen molar-refractivity contribution in [2.45, 2.75) is 6.42 Å². The first-order valence-corrected chi connectivity index (χ1v) is 5.19. The summed E-state index contributed by atoms with van der Waals surface area (Å²) in [5.41, 5.74) is 2.09.